The number of thioether (sulfide) groups is 1. The summed E-state index contributed by atoms with van der Waals surface area (Å²) in [5.74, 6) is -0.139. The van der Waals surface area contributed by atoms with Crippen LogP contribution in [0.25, 0.3) is 0 Å². The van der Waals surface area contributed by atoms with Gasteiger partial charge in [0.15, 0.2) is 0 Å². The Labute approximate surface area is 139 Å². The van der Waals surface area contributed by atoms with E-state index >= 15 is 0 Å². The van der Waals surface area contributed by atoms with Crippen LogP contribution in [0.15, 0.2) is 29.2 Å². The highest BCUT2D eigenvalue weighted by Crippen LogP contribution is 2.30. The van der Waals surface area contributed by atoms with Crippen molar-refractivity contribution in [3.8, 4) is 0 Å². The predicted molar refractivity (Wildman–Crippen MR) is 94.0 cm³/mol. The topological polar surface area (TPSA) is 54.9 Å². The van der Waals surface area contributed by atoms with Gasteiger partial charge in [-0.15, -0.1) is 22.0 Å². The van der Waals surface area contributed by atoms with E-state index in [0.29, 0.717) is 15.9 Å². The third-order valence-corrected chi connectivity index (χ3v) is 5.13. The SMILES string of the molecule is CC(C)Sc1ccccc1C(=O)Nc1nnc(C(C)(C)C)s1. The zero-order valence-corrected chi connectivity index (χ0v) is 15.1. The smallest absolute Gasteiger partial charge is 0.258 e. The van der Waals surface area contributed by atoms with Gasteiger partial charge in [0, 0.05) is 15.6 Å². The molecule has 118 valence electrons. The summed E-state index contributed by atoms with van der Waals surface area (Å²) < 4.78 is 0. The molecule has 6 heteroatoms. The molecule has 1 N–H and O–H groups in total. The Hall–Kier alpha value is -1.40. The Balaban J connectivity index is 2.18. The highest BCUT2D eigenvalue weighted by atomic mass is 32.2. The van der Waals surface area contributed by atoms with E-state index in [2.05, 4.69) is 50.1 Å². The molecule has 2 aromatic rings. The van der Waals surface area contributed by atoms with Gasteiger partial charge in [-0.25, -0.2) is 0 Å². The van der Waals surface area contributed by atoms with Crippen molar-refractivity contribution in [3.05, 3.63) is 34.8 Å². The van der Waals surface area contributed by atoms with E-state index in [1.54, 1.807) is 11.8 Å². The number of nitrogens with zero attached hydrogens (tertiary/aromatic N) is 2. The summed E-state index contributed by atoms with van der Waals surface area (Å²) in [5, 5.41) is 12.9. The molecule has 0 radical (unpaired) electrons. The van der Waals surface area contributed by atoms with Crippen LogP contribution in [0.1, 0.15) is 50.0 Å². The second-order valence-corrected chi connectivity index (χ2v) is 8.88. The highest BCUT2D eigenvalue weighted by Gasteiger charge is 2.21. The lowest BCUT2D eigenvalue weighted by Gasteiger charge is -2.12. The van der Waals surface area contributed by atoms with Gasteiger partial charge in [0.25, 0.3) is 5.91 Å². The molecule has 1 heterocycles. The van der Waals surface area contributed by atoms with Crippen molar-refractivity contribution < 1.29 is 4.79 Å². The molecule has 2 rings (SSSR count). The summed E-state index contributed by atoms with van der Waals surface area (Å²) in [6.07, 6.45) is 0. The first-order valence-corrected chi connectivity index (χ1v) is 8.88. The van der Waals surface area contributed by atoms with Crippen LogP contribution in [0.4, 0.5) is 5.13 Å². The lowest BCUT2D eigenvalue weighted by molar-refractivity contribution is 0.102. The van der Waals surface area contributed by atoms with Gasteiger partial charge in [0.05, 0.1) is 5.56 Å². The van der Waals surface area contributed by atoms with Crippen LogP contribution in [0, 0.1) is 0 Å². The molecule has 1 aromatic carbocycles. The Morgan fingerprint density at radius 1 is 1.23 bits per heavy atom. The molecule has 1 aromatic heterocycles. The number of carbonyl (C=O) groups excluding carboxylic acids is 1. The van der Waals surface area contributed by atoms with Gasteiger partial charge in [-0.3, -0.25) is 10.1 Å². The number of nitrogens with one attached hydrogen (secondary N) is 1. The fraction of sp³-hybridized carbons (Fsp3) is 0.438. The van der Waals surface area contributed by atoms with Crippen LogP contribution in [0.3, 0.4) is 0 Å². The Kier molecular flexibility index (Phi) is 5.24. The number of carbonyl (C=O) groups is 1. The molecule has 22 heavy (non-hydrogen) atoms. The molecule has 0 unspecified atom stereocenters. The first-order chi connectivity index (χ1) is 10.3. The van der Waals surface area contributed by atoms with E-state index in [1.165, 1.54) is 11.3 Å². The zero-order chi connectivity index (χ0) is 16.3. The maximum Gasteiger partial charge on any atom is 0.258 e. The second kappa shape index (κ2) is 6.79. The molecule has 0 aliphatic carbocycles. The third kappa shape index (κ3) is 4.30. The maximum atomic E-state index is 12.5. The van der Waals surface area contributed by atoms with Crippen LogP contribution in [0.5, 0.6) is 0 Å². The molecule has 0 aliphatic rings. The van der Waals surface area contributed by atoms with Crippen molar-refractivity contribution in [1.29, 1.82) is 0 Å². The summed E-state index contributed by atoms with van der Waals surface area (Å²) in [5.41, 5.74) is 0.611. The van der Waals surface area contributed by atoms with E-state index in [9.17, 15) is 4.79 Å². The van der Waals surface area contributed by atoms with Gasteiger partial charge in [-0.2, -0.15) is 0 Å². The average molecular weight is 335 g/mol. The normalized spacial score (nSPS) is 11.7. The first-order valence-electron chi connectivity index (χ1n) is 7.18. The van der Waals surface area contributed by atoms with Crippen LogP contribution in [-0.2, 0) is 5.41 Å². The van der Waals surface area contributed by atoms with E-state index in [0.717, 1.165) is 9.90 Å². The summed E-state index contributed by atoms with van der Waals surface area (Å²) >= 11 is 3.10. The van der Waals surface area contributed by atoms with Gasteiger partial charge in [-0.05, 0) is 12.1 Å². The van der Waals surface area contributed by atoms with E-state index < -0.39 is 0 Å². The minimum absolute atomic E-state index is 0.0634. The minimum atomic E-state index is -0.139. The molecule has 0 aliphatic heterocycles. The van der Waals surface area contributed by atoms with Crippen molar-refractivity contribution in [1.82, 2.24) is 10.2 Å². The third-order valence-electron chi connectivity index (χ3n) is 2.78. The Morgan fingerprint density at radius 3 is 2.50 bits per heavy atom. The van der Waals surface area contributed by atoms with Gasteiger partial charge in [0.1, 0.15) is 5.01 Å². The van der Waals surface area contributed by atoms with E-state index in [4.69, 9.17) is 0 Å². The standard InChI is InChI=1S/C16H21N3OS2/c1-10(2)21-12-9-7-6-8-11(12)13(20)17-15-19-18-14(22-15)16(3,4)5/h6-10H,1-5H3,(H,17,19,20). The molecule has 4 nitrogen and oxygen atoms in total. The lowest BCUT2D eigenvalue weighted by Crippen LogP contribution is -2.13. The van der Waals surface area contributed by atoms with Crippen LogP contribution < -0.4 is 5.32 Å². The molecule has 0 saturated carbocycles. The number of rotatable bonds is 4. The maximum absolute atomic E-state index is 12.5. The van der Waals surface area contributed by atoms with Crippen LogP contribution in [0.2, 0.25) is 0 Å². The van der Waals surface area contributed by atoms with Crippen molar-refractivity contribution in [2.45, 2.75) is 50.2 Å². The van der Waals surface area contributed by atoms with E-state index in [1.807, 2.05) is 24.3 Å². The number of aromatic nitrogens is 2. The molecular formula is C16H21N3OS2. The van der Waals surface area contributed by atoms with Gasteiger partial charge < -0.3 is 0 Å². The van der Waals surface area contributed by atoms with Gasteiger partial charge in [0.2, 0.25) is 5.13 Å². The largest absolute Gasteiger partial charge is 0.296 e. The van der Waals surface area contributed by atoms with Gasteiger partial charge >= 0.3 is 0 Å². The summed E-state index contributed by atoms with van der Waals surface area (Å²) in [6, 6.07) is 7.64. The molecule has 1 amide bonds. The summed E-state index contributed by atoms with van der Waals surface area (Å²) in [6.45, 7) is 10.5. The summed E-state index contributed by atoms with van der Waals surface area (Å²) in [4.78, 5) is 13.5. The fourth-order valence-corrected chi connectivity index (χ4v) is 3.50. The Morgan fingerprint density at radius 2 is 1.91 bits per heavy atom. The van der Waals surface area contributed by atoms with Crippen LogP contribution >= 0.6 is 23.1 Å². The number of amides is 1. The zero-order valence-electron chi connectivity index (χ0n) is 13.5. The monoisotopic (exact) mass is 335 g/mol. The quantitative estimate of drug-likeness (QED) is 0.830. The van der Waals surface area contributed by atoms with Crippen molar-refractivity contribution in [2.24, 2.45) is 0 Å². The molecular weight excluding hydrogens is 314 g/mol. The predicted octanol–water partition coefficient (Wildman–Crippen LogP) is 4.59. The van der Waals surface area contributed by atoms with E-state index in [-0.39, 0.29) is 11.3 Å². The number of hydrogen-bond acceptors (Lipinski definition) is 5. The van der Waals surface area contributed by atoms with Crippen molar-refractivity contribution in [3.63, 3.8) is 0 Å². The highest BCUT2D eigenvalue weighted by molar-refractivity contribution is 8.00. The average Bonchev–Trinajstić information content (AvgIpc) is 2.87. The van der Waals surface area contributed by atoms with Crippen molar-refractivity contribution in [2.75, 3.05) is 5.32 Å². The summed E-state index contributed by atoms with van der Waals surface area (Å²) in [7, 11) is 0. The number of anilines is 1. The molecule has 0 bridgehead atoms. The number of benzene rings is 1. The molecule has 0 saturated heterocycles. The first kappa shape index (κ1) is 17.0. The molecule has 0 atom stereocenters. The van der Waals surface area contributed by atoms with Crippen LogP contribution in [-0.4, -0.2) is 21.4 Å². The Bertz CT molecular complexity index is 659. The lowest BCUT2D eigenvalue weighted by atomic mass is 9.98. The molecule has 0 spiro atoms. The fourth-order valence-electron chi connectivity index (χ4n) is 1.75. The number of hydrogen-bond donors (Lipinski definition) is 1. The second-order valence-electron chi connectivity index (χ2n) is 6.28. The minimum Gasteiger partial charge on any atom is -0.296 e. The molecule has 0 fully saturated rings. The van der Waals surface area contributed by atoms with Gasteiger partial charge in [-0.1, -0.05) is 58.1 Å². The van der Waals surface area contributed by atoms with Crippen molar-refractivity contribution >= 4 is 34.1 Å².